The maximum atomic E-state index is 13.0. The van der Waals surface area contributed by atoms with Gasteiger partial charge in [-0.1, -0.05) is 18.2 Å². The summed E-state index contributed by atoms with van der Waals surface area (Å²) in [7, 11) is 0. The van der Waals surface area contributed by atoms with E-state index in [9.17, 15) is 14.0 Å². The molecule has 2 amide bonds. The normalized spacial score (nSPS) is 10.1. The zero-order chi connectivity index (χ0) is 15.2. The minimum atomic E-state index is -0.550. The molecular formula is C16H15FN2O2. The molecule has 0 unspecified atom stereocenters. The maximum Gasteiger partial charge on any atom is 0.248 e. The smallest absolute Gasteiger partial charge is 0.248 e. The molecule has 108 valence electrons. The Morgan fingerprint density at radius 3 is 2.57 bits per heavy atom. The zero-order valence-electron chi connectivity index (χ0n) is 11.3. The van der Waals surface area contributed by atoms with Crippen molar-refractivity contribution in [2.45, 2.75) is 12.8 Å². The first-order valence-electron chi connectivity index (χ1n) is 6.49. The van der Waals surface area contributed by atoms with Crippen molar-refractivity contribution in [1.82, 2.24) is 0 Å². The molecule has 0 bridgehead atoms. The summed E-state index contributed by atoms with van der Waals surface area (Å²) in [6.45, 7) is 0. The quantitative estimate of drug-likeness (QED) is 0.886. The van der Waals surface area contributed by atoms with Gasteiger partial charge in [-0.3, -0.25) is 9.59 Å². The van der Waals surface area contributed by atoms with E-state index in [-0.39, 0.29) is 18.1 Å². The fourth-order valence-electron chi connectivity index (χ4n) is 1.92. The summed E-state index contributed by atoms with van der Waals surface area (Å²) < 4.78 is 13.0. The van der Waals surface area contributed by atoms with Crippen molar-refractivity contribution >= 4 is 17.5 Å². The Hall–Kier alpha value is -2.69. The van der Waals surface area contributed by atoms with E-state index in [2.05, 4.69) is 5.32 Å². The van der Waals surface area contributed by atoms with Gasteiger partial charge in [0.25, 0.3) is 0 Å². The average Bonchev–Trinajstić information content (AvgIpc) is 2.45. The Morgan fingerprint density at radius 2 is 1.86 bits per heavy atom. The number of carbonyl (C=O) groups excluding carboxylic acids is 2. The second-order valence-corrected chi connectivity index (χ2v) is 4.62. The molecule has 0 aromatic heterocycles. The lowest BCUT2D eigenvalue weighted by atomic mass is 10.1. The van der Waals surface area contributed by atoms with Gasteiger partial charge in [0, 0.05) is 17.7 Å². The Labute approximate surface area is 121 Å². The molecule has 0 heterocycles. The van der Waals surface area contributed by atoms with E-state index >= 15 is 0 Å². The molecular weight excluding hydrogens is 271 g/mol. The largest absolute Gasteiger partial charge is 0.366 e. The molecule has 0 aliphatic rings. The van der Waals surface area contributed by atoms with Crippen LogP contribution in [0.25, 0.3) is 0 Å². The van der Waals surface area contributed by atoms with Gasteiger partial charge in [0.1, 0.15) is 5.82 Å². The van der Waals surface area contributed by atoms with Crippen molar-refractivity contribution in [2.24, 2.45) is 5.73 Å². The minimum absolute atomic E-state index is 0.208. The number of nitrogens with one attached hydrogen (secondary N) is 1. The first-order valence-corrected chi connectivity index (χ1v) is 6.49. The molecule has 2 aromatic rings. The maximum absolute atomic E-state index is 13.0. The second kappa shape index (κ2) is 6.65. The van der Waals surface area contributed by atoms with Crippen LogP contribution in [0.3, 0.4) is 0 Å². The van der Waals surface area contributed by atoms with Gasteiger partial charge in [-0.05, 0) is 42.3 Å². The van der Waals surface area contributed by atoms with Crippen LogP contribution in [0.5, 0.6) is 0 Å². The fourth-order valence-corrected chi connectivity index (χ4v) is 1.92. The van der Waals surface area contributed by atoms with Gasteiger partial charge in [0.15, 0.2) is 0 Å². The van der Waals surface area contributed by atoms with Crippen molar-refractivity contribution < 1.29 is 14.0 Å². The topological polar surface area (TPSA) is 72.2 Å². The van der Waals surface area contributed by atoms with E-state index in [0.717, 1.165) is 5.56 Å². The number of nitrogens with two attached hydrogens (primary N) is 1. The van der Waals surface area contributed by atoms with Crippen LogP contribution in [0.1, 0.15) is 22.3 Å². The summed E-state index contributed by atoms with van der Waals surface area (Å²) in [4.78, 5) is 22.9. The molecule has 2 aromatic carbocycles. The van der Waals surface area contributed by atoms with Crippen molar-refractivity contribution in [3.05, 3.63) is 65.5 Å². The van der Waals surface area contributed by atoms with Crippen LogP contribution in [0.15, 0.2) is 48.5 Å². The van der Waals surface area contributed by atoms with Gasteiger partial charge in [-0.15, -0.1) is 0 Å². The summed E-state index contributed by atoms with van der Waals surface area (Å²) >= 11 is 0. The lowest BCUT2D eigenvalue weighted by molar-refractivity contribution is -0.116. The van der Waals surface area contributed by atoms with E-state index < -0.39 is 5.91 Å². The van der Waals surface area contributed by atoms with Gasteiger partial charge in [-0.2, -0.15) is 0 Å². The number of amides is 2. The Bertz CT molecular complexity index is 671. The molecule has 0 saturated heterocycles. The third-order valence-electron chi connectivity index (χ3n) is 2.96. The van der Waals surface area contributed by atoms with Crippen LogP contribution in [-0.4, -0.2) is 11.8 Å². The molecule has 3 N–H and O–H groups in total. The van der Waals surface area contributed by atoms with Crippen LogP contribution in [0, 0.1) is 5.82 Å². The van der Waals surface area contributed by atoms with Gasteiger partial charge in [0.2, 0.25) is 11.8 Å². The van der Waals surface area contributed by atoms with E-state index in [1.54, 1.807) is 30.3 Å². The molecule has 0 spiro atoms. The lowest BCUT2D eigenvalue weighted by Gasteiger charge is -2.06. The van der Waals surface area contributed by atoms with Crippen LogP contribution in [-0.2, 0) is 11.2 Å². The molecule has 0 aliphatic carbocycles. The molecule has 4 nitrogen and oxygen atoms in total. The number of anilines is 1. The van der Waals surface area contributed by atoms with Gasteiger partial charge in [0.05, 0.1) is 0 Å². The molecule has 0 fully saturated rings. The van der Waals surface area contributed by atoms with Crippen molar-refractivity contribution in [2.75, 3.05) is 5.32 Å². The highest BCUT2D eigenvalue weighted by atomic mass is 19.1. The zero-order valence-corrected chi connectivity index (χ0v) is 11.3. The van der Waals surface area contributed by atoms with Crippen LogP contribution in [0.4, 0.5) is 10.1 Å². The third-order valence-corrected chi connectivity index (χ3v) is 2.96. The number of primary amides is 1. The van der Waals surface area contributed by atoms with Gasteiger partial charge >= 0.3 is 0 Å². The number of hydrogen-bond acceptors (Lipinski definition) is 2. The SMILES string of the molecule is NC(=O)c1cccc(NC(=O)CCc2cccc(F)c2)c1. The summed E-state index contributed by atoms with van der Waals surface area (Å²) in [6, 6.07) is 12.5. The molecule has 0 saturated carbocycles. The van der Waals surface area contributed by atoms with Gasteiger partial charge < -0.3 is 11.1 Å². The first-order chi connectivity index (χ1) is 10.0. The van der Waals surface area contributed by atoms with Crippen LogP contribution >= 0.6 is 0 Å². The molecule has 0 atom stereocenters. The summed E-state index contributed by atoms with van der Waals surface area (Å²) in [5, 5.41) is 2.68. The molecule has 0 aliphatic heterocycles. The van der Waals surface area contributed by atoms with Crippen molar-refractivity contribution in [1.29, 1.82) is 0 Å². The van der Waals surface area contributed by atoms with Crippen molar-refractivity contribution in [3.8, 4) is 0 Å². The third kappa shape index (κ3) is 4.42. The fraction of sp³-hybridized carbons (Fsp3) is 0.125. The summed E-state index contributed by atoms with van der Waals surface area (Å²) in [5.41, 5.74) is 6.78. The predicted octanol–water partition coefficient (Wildman–Crippen LogP) is 2.50. The molecule has 2 rings (SSSR count). The molecule has 0 radical (unpaired) electrons. The predicted molar refractivity (Wildman–Crippen MR) is 78.3 cm³/mol. The molecule has 21 heavy (non-hydrogen) atoms. The van der Waals surface area contributed by atoms with Gasteiger partial charge in [-0.25, -0.2) is 4.39 Å². The van der Waals surface area contributed by atoms with E-state index in [4.69, 9.17) is 5.73 Å². The first kappa shape index (κ1) is 14.7. The monoisotopic (exact) mass is 286 g/mol. The minimum Gasteiger partial charge on any atom is -0.366 e. The number of rotatable bonds is 5. The highest BCUT2D eigenvalue weighted by molar-refractivity contribution is 5.96. The van der Waals surface area contributed by atoms with E-state index in [0.29, 0.717) is 17.7 Å². The van der Waals surface area contributed by atoms with E-state index in [1.807, 2.05) is 0 Å². The highest BCUT2D eigenvalue weighted by Crippen LogP contribution is 2.12. The number of hydrogen-bond donors (Lipinski definition) is 2. The van der Waals surface area contributed by atoms with Crippen molar-refractivity contribution in [3.63, 3.8) is 0 Å². The second-order valence-electron chi connectivity index (χ2n) is 4.62. The van der Waals surface area contributed by atoms with Crippen LogP contribution in [0.2, 0.25) is 0 Å². The Morgan fingerprint density at radius 1 is 1.10 bits per heavy atom. The Balaban J connectivity index is 1.93. The average molecular weight is 286 g/mol. The summed E-state index contributed by atoms with van der Waals surface area (Å²) in [5.74, 6) is -1.08. The van der Waals surface area contributed by atoms with Crippen LogP contribution < -0.4 is 11.1 Å². The standard InChI is InChI=1S/C16H15FN2O2/c17-13-5-1-3-11(9-13)7-8-15(20)19-14-6-2-4-12(10-14)16(18)21/h1-6,9-10H,7-8H2,(H2,18,21)(H,19,20). The summed E-state index contributed by atoms with van der Waals surface area (Å²) in [6.07, 6.45) is 0.670. The number of carbonyl (C=O) groups is 2. The van der Waals surface area contributed by atoms with E-state index in [1.165, 1.54) is 18.2 Å². The number of aryl methyl sites for hydroxylation is 1. The number of halogens is 1. The molecule has 5 heteroatoms. The highest BCUT2D eigenvalue weighted by Gasteiger charge is 2.06. The lowest BCUT2D eigenvalue weighted by Crippen LogP contribution is -2.14. The number of benzene rings is 2. The Kier molecular flexibility index (Phi) is 4.66.